The summed E-state index contributed by atoms with van der Waals surface area (Å²) in [5, 5.41) is 0. The van der Waals surface area contributed by atoms with Crippen LogP contribution in [0.1, 0.15) is 37.3 Å². The van der Waals surface area contributed by atoms with Crippen LogP contribution < -0.4 is 0 Å². The van der Waals surface area contributed by atoms with Crippen molar-refractivity contribution in [3.8, 4) is 0 Å². The molecule has 1 heteroatoms. The summed E-state index contributed by atoms with van der Waals surface area (Å²) in [5.41, 5.74) is 3.11. The summed E-state index contributed by atoms with van der Waals surface area (Å²) < 4.78 is 5.64. The summed E-state index contributed by atoms with van der Waals surface area (Å²) in [5.74, 6) is 0. The van der Waals surface area contributed by atoms with E-state index in [1.165, 1.54) is 24.8 Å². The van der Waals surface area contributed by atoms with Gasteiger partial charge in [-0.2, -0.15) is 0 Å². The van der Waals surface area contributed by atoms with Crippen LogP contribution in [0.4, 0.5) is 0 Å². The van der Waals surface area contributed by atoms with Crippen molar-refractivity contribution >= 4 is 6.08 Å². The van der Waals surface area contributed by atoms with Crippen molar-refractivity contribution in [2.75, 3.05) is 0 Å². The molecule has 0 fully saturated rings. The maximum atomic E-state index is 2.56. The van der Waals surface area contributed by atoms with Crippen molar-refractivity contribution in [3.05, 3.63) is 41.5 Å². The minimum atomic E-state index is -1.46. The Labute approximate surface area is 107 Å². The Morgan fingerprint density at radius 1 is 1.19 bits per heavy atom. The Hall–Kier alpha value is -0.170. The van der Waals surface area contributed by atoms with Gasteiger partial charge in [0.15, 0.2) is 0 Å². The Morgan fingerprint density at radius 2 is 1.94 bits per heavy atom. The molecule has 0 heterocycles. The van der Waals surface area contributed by atoms with Crippen LogP contribution in [0.5, 0.6) is 0 Å². The fourth-order valence-corrected chi connectivity index (χ4v) is 9.41. The first-order valence-electron chi connectivity index (χ1n) is 6.30. The summed E-state index contributed by atoms with van der Waals surface area (Å²) in [6.45, 7) is 2.30. The zero-order chi connectivity index (χ0) is 11.6. The van der Waals surface area contributed by atoms with E-state index in [2.05, 4.69) is 52.7 Å². The number of hydrogen-bond donors (Lipinski definition) is 0. The van der Waals surface area contributed by atoms with Crippen LogP contribution in [0.25, 0.3) is 6.08 Å². The summed E-state index contributed by atoms with van der Waals surface area (Å²) in [6.07, 6.45) is 8.97. The van der Waals surface area contributed by atoms with Crippen molar-refractivity contribution in [3.63, 3.8) is 0 Å². The quantitative estimate of drug-likeness (QED) is 0.658. The normalized spacial score (nSPS) is 22.2. The van der Waals surface area contributed by atoms with E-state index < -0.39 is 21.4 Å². The predicted molar refractivity (Wildman–Crippen MR) is 68.4 cm³/mol. The minimum absolute atomic E-state index is 0.511. The van der Waals surface area contributed by atoms with E-state index in [1.807, 2.05) is 0 Å². The molecule has 1 aromatic carbocycles. The second-order valence-electron chi connectivity index (χ2n) is 5.00. The van der Waals surface area contributed by atoms with Crippen molar-refractivity contribution in [2.24, 2.45) is 0 Å². The van der Waals surface area contributed by atoms with Gasteiger partial charge < -0.3 is 0 Å². The molecule has 0 aliphatic heterocycles. The van der Waals surface area contributed by atoms with E-state index in [1.54, 1.807) is 5.56 Å². The Bertz CT molecular complexity index is 392. The second kappa shape index (κ2) is 5.00. The molecule has 1 aliphatic rings. The first kappa shape index (κ1) is 12.3. The molecule has 85 valence electrons. The number of allylic oxidation sites excluding steroid dienone is 1. The number of fused-ring (bicyclic) bond motifs is 1. The third-order valence-electron chi connectivity index (χ3n) is 3.81. The van der Waals surface area contributed by atoms with E-state index in [9.17, 15) is 0 Å². The SMILES string of the molecule is CCCC[C]1([Hf]([CH3])[CH3])C=Cc2ccccc21. The van der Waals surface area contributed by atoms with Crippen molar-refractivity contribution in [1.29, 1.82) is 0 Å². The standard InChI is InChI=1S/C13H15.2CH3.Hf/c1-2-3-6-11-9-10-12-7-4-5-8-13(11)12;;;/h4-5,7-10H,2-3,6H2,1H3;2*1H3;. The van der Waals surface area contributed by atoms with Crippen molar-refractivity contribution in [2.45, 2.75) is 38.7 Å². The first-order valence-corrected chi connectivity index (χ1v) is 15.3. The van der Waals surface area contributed by atoms with Gasteiger partial charge >= 0.3 is 108 Å². The van der Waals surface area contributed by atoms with Gasteiger partial charge in [-0.3, -0.25) is 0 Å². The van der Waals surface area contributed by atoms with E-state index in [-0.39, 0.29) is 0 Å². The van der Waals surface area contributed by atoms with E-state index in [4.69, 9.17) is 0 Å². The van der Waals surface area contributed by atoms with E-state index >= 15 is 0 Å². The number of hydrogen-bond acceptors (Lipinski definition) is 0. The molecule has 16 heavy (non-hydrogen) atoms. The Balaban J connectivity index is 2.39. The third-order valence-corrected chi connectivity index (χ3v) is 12.7. The average molecular weight is 380 g/mol. The van der Waals surface area contributed by atoms with E-state index in [0.717, 1.165) is 0 Å². The molecule has 1 unspecified atom stereocenters. The topological polar surface area (TPSA) is 0 Å². The predicted octanol–water partition coefficient (Wildman–Crippen LogP) is 4.81. The summed E-state index contributed by atoms with van der Waals surface area (Å²) in [7, 11) is 0. The molecular weight excluding hydrogens is 359 g/mol. The molecule has 0 radical (unpaired) electrons. The molecule has 0 nitrogen and oxygen atoms in total. The molecule has 0 amide bonds. The van der Waals surface area contributed by atoms with Gasteiger partial charge in [0.1, 0.15) is 0 Å². The summed E-state index contributed by atoms with van der Waals surface area (Å²) >= 11 is -1.46. The van der Waals surface area contributed by atoms with Crippen LogP contribution in [0.3, 0.4) is 0 Å². The van der Waals surface area contributed by atoms with Crippen molar-refractivity contribution in [1.82, 2.24) is 0 Å². The molecule has 0 N–H and O–H groups in total. The van der Waals surface area contributed by atoms with Gasteiger partial charge in [-0.25, -0.2) is 0 Å². The molecule has 2 rings (SSSR count). The van der Waals surface area contributed by atoms with Crippen LogP contribution in [0, 0.1) is 0 Å². The molecule has 0 saturated heterocycles. The molecule has 0 bridgehead atoms. The van der Waals surface area contributed by atoms with Gasteiger partial charge in [0.25, 0.3) is 0 Å². The molecule has 1 aliphatic carbocycles. The molecule has 1 atom stereocenters. The maximum absolute atomic E-state index is 2.56. The zero-order valence-electron chi connectivity index (χ0n) is 10.6. The fourth-order valence-electron chi connectivity index (χ4n) is 2.73. The monoisotopic (exact) mass is 381 g/mol. The number of benzene rings is 1. The fraction of sp³-hybridized carbons (Fsp3) is 0.467. The number of unbranched alkanes of at least 4 members (excludes halogenated alkanes) is 1. The van der Waals surface area contributed by atoms with E-state index in [0.29, 0.717) is 3.17 Å². The van der Waals surface area contributed by atoms with Crippen molar-refractivity contribution < 1.29 is 21.4 Å². The Morgan fingerprint density at radius 3 is 2.62 bits per heavy atom. The molecule has 0 aromatic heterocycles. The molecule has 0 saturated carbocycles. The number of rotatable bonds is 4. The van der Waals surface area contributed by atoms with Crippen LogP contribution in [0.15, 0.2) is 30.3 Å². The van der Waals surface area contributed by atoms with Gasteiger partial charge in [0, 0.05) is 0 Å². The third kappa shape index (κ3) is 1.99. The molecular formula is C15H21Hf. The van der Waals surface area contributed by atoms with Crippen LogP contribution in [0.2, 0.25) is 9.36 Å². The van der Waals surface area contributed by atoms with Gasteiger partial charge in [0.05, 0.1) is 0 Å². The van der Waals surface area contributed by atoms with Crippen LogP contribution in [-0.2, 0) is 24.6 Å². The summed E-state index contributed by atoms with van der Waals surface area (Å²) in [6, 6.07) is 9.01. The average Bonchev–Trinajstić information content (AvgIpc) is 2.67. The molecule has 0 spiro atoms. The van der Waals surface area contributed by atoms with Gasteiger partial charge in [0.2, 0.25) is 0 Å². The van der Waals surface area contributed by atoms with Gasteiger partial charge in [-0.1, -0.05) is 0 Å². The second-order valence-corrected chi connectivity index (χ2v) is 15.4. The van der Waals surface area contributed by atoms with Gasteiger partial charge in [-0.05, 0) is 0 Å². The van der Waals surface area contributed by atoms with Crippen LogP contribution in [-0.4, -0.2) is 0 Å². The first-order chi connectivity index (χ1) is 7.70. The van der Waals surface area contributed by atoms with Crippen LogP contribution >= 0.6 is 0 Å². The summed E-state index contributed by atoms with van der Waals surface area (Å²) in [4.78, 5) is 0. The van der Waals surface area contributed by atoms with Gasteiger partial charge in [-0.15, -0.1) is 0 Å². The Kier molecular flexibility index (Phi) is 3.84. The zero-order valence-corrected chi connectivity index (χ0v) is 14.2. The molecule has 1 aromatic rings.